The zero-order valence-corrected chi connectivity index (χ0v) is 17.3. The molecule has 0 spiro atoms. The third-order valence-corrected chi connectivity index (χ3v) is 5.53. The van der Waals surface area contributed by atoms with Gasteiger partial charge in [0.05, 0.1) is 6.04 Å². The van der Waals surface area contributed by atoms with E-state index in [4.69, 9.17) is 14.2 Å². The highest BCUT2D eigenvalue weighted by atomic mass is 19.1. The van der Waals surface area contributed by atoms with Crippen molar-refractivity contribution in [3.05, 3.63) is 59.4 Å². The van der Waals surface area contributed by atoms with Crippen molar-refractivity contribution in [2.45, 2.75) is 31.6 Å². The molecule has 1 fully saturated rings. The van der Waals surface area contributed by atoms with Gasteiger partial charge < -0.3 is 29.5 Å². The van der Waals surface area contributed by atoms with Crippen LogP contribution >= 0.6 is 0 Å². The minimum Gasteiger partial charge on any atom is -0.486 e. The summed E-state index contributed by atoms with van der Waals surface area (Å²) in [5.74, 6) is 0.0851. The van der Waals surface area contributed by atoms with Crippen molar-refractivity contribution >= 4 is 6.09 Å². The first-order chi connectivity index (χ1) is 15.1. The van der Waals surface area contributed by atoms with Crippen molar-refractivity contribution in [3.8, 4) is 11.5 Å². The van der Waals surface area contributed by atoms with Crippen LogP contribution in [0.2, 0.25) is 0 Å². The van der Waals surface area contributed by atoms with Gasteiger partial charge in [-0.25, -0.2) is 9.18 Å². The van der Waals surface area contributed by atoms with Crippen LogP contribution < -0.4 is 14.8 Å². The predicted molar refractivity (Wildman–Crippen MR) is 112 cm³/mol. The number of nitrogens with one attached hydrogen (secondary N) is 1. The summed E-state index contributed by atoms with van der Waals surface area (Å²) >= 11 is 0. The maximum atomic E-state index is 14.8. The fraction of sp³-hybridized carbons (Fsp3) is 0.435. The van der Waals surface area contributed by atoms with Crippen LogP contribution in [0.4, 0.5) is 9.18 Å². The summed E-state index contributed by atoms with van der Waals surface area (Å²) in [6.45, 7) is 2.93. The van der Waals surface area contributed by atoms with E-state index < -0.39 is 24.1 Å². The van der Waals surface area contributed by atoms with Crippen molar-refractivity contribution in [2.75, 3.05) is 32.8 Å². The van der Waals surface area contributed by atoms with E-state index in [-0.39, 0.29) is 12.2 Å². The Morgan fingerprint density at radius 3 is 2.52 bits per heavy atom. The lowest BCUT2D eigenvalue weighted by molar-refractivity contribution is 0.0855. The van der Waals surface area contributed by atoms with Gasteiger partial charge in [0.15, 0.2) is 11.5 Å². The van der Waals surface area contributed by atoms with Crippen LogP contribution in [0.15, 0.2) is 42.5 Å². The molecular formula is C23H27FN2O5. The molecule has 1 saturated heterocycles. The largest absolute Gasteiger partial charge is 0.486 e. The summed E-state index contributed by atoms with van der Waals surface area (Å²) in [5.41, 5.74) is 0.906. The Kier molecular flexibility index (Phi) is 6.89. The molecular weight excluding hydrogens is 403 g/mol. The van der Waals surface area contributed by atoms with Gasteiger partial charge in [0, 0.05) is 18.2 Å². The molecule has 7 nitrogen and oxygen atoms in total. The number of aliphatic hydroxyl groups is 1. The number of likely N-dealkylation sites (tertiary alicyclic amines) is 1. The molecule has 0 aliphatic carbocycles. The van der Waals surface area contributed by atoms with Crippen molar-refractivity contribution in [1.82, 2.24) is 10.2 Å². The molecule has 0 bridgehead atoms. The molecule has 2 aromatic carbocycles. The Hall–Kier alpha value is -2.84. The summed E-state index contributed by atoms with van der Waals surface area (Å²) in [4.78, 5) is 14.6. The van der Waals surface area contributed by atoms with Gasteiger partial charge in [-0.05, 0) is 37.6 Å². The molecule has 1 amide bonds. The molecule has 0 saturated carbocycles. The Morgan fingerprint density at radius 2 is 1.81 bits per heavy atom. The van der Waals surface area contributed by atoms with Gasteiger partial charge in [0.2, 0.25) is 0 Å². The van der Waals surface area contributed by atoms with E-state index in [1.54, 1.807) is 0 Å². The third kappa shape index (κ3) is 5.45. The highest BCUT2D eigenvalue weighted by Gasteiger charge is 2.30. The van der Waals surface area contributed by atoms with Crippen molar-refractivity contribution < 1.29 is 28.5 Å². The highest BCUT2D eigenvalue weighted by molar-refractivity contribution is 5.67. The minimum absolute atomic E-state index is 0.0526. The molecule has 31 heavy (non-hydrogen) atoms. The van der Waals surface area contributed by atoms with Crippen molar-refractivity contribution in [2.24, 2.45) is 0 Å². The SMILES string of the molecule is O=C(N[C@H](CN1CCCC1)C(O)c1cc2c(cc1F)OCCO2)OCc1ccccc1. The molecule has 1 unspecified atom stereocenters. The van der Waals surface area contributed by atoms with E-state index in [9.17, 15) is 14.3 Å². The van der Waals surface area contributed by atoms with Crippen LogP contribution in [-0.2, 0) is 11.3 Å². The van der Waals surface area contributed by atoms with E-state index >= 15 is 0 Å². The molecule has 0 aromatic heterocycles. The number of carbonyl (C=O) groups excluding carboxylic acids is 1. The number of amides is 1. The van der Waals surface area contributed by atoms with E-state index in [2.05, 4.69) is 10.2 Å². The topological polar surface area (TPSA) is 80.3 Å². The second-order valence-electron chi connectivity index (χ2n) is 7.78. The number of benzene rings is 2. The lowest BCUT2D eigenvalue weighted by Crippen LogP contribution is -2.47. The molecule has 2 aliphatic heterocycles. The second-order valence-corrected chi connectivity index (χ2v) is 7.78. The molecule has 4 rings (SSSR count). The molecule has 2 atom stereocenters. The van der Waals surface area contributed by atoms with Crippen molar-refractivity contribution in [3.63, 3.8) is 0 Å². The van der Waals surface area contributed by atoms with Crippen LogP contribution in [-0.4, -0.2) is 55.0 Å². The van der Waals surface area contributed by atoms with Gasteiger partial charge in [-0.3, -0.25) is 0 Å². The number of carbonyl (C=O) groups is 1. The van der Waals surface area contributed by atoms with Crippen LogP contribution in [0.3, 0.4) is 0 Å². The number of hydrogen-bond acceptors (Lipinski definition) is 6. The van der Waals surface area contributed by atoms with Gasteiger partial charge >= 0.3 is 6.09 Å². The number of fused-ring (bicyclic) bond motifs is 1. The quantitative estimate of drug-likeness (QED) is 0.703. The smallest absolute Gasteiger partial charge is 0.407 e. The standard InChI is InChI=1S/C23H27FN2O5/c24-18-13-21-20(29-10-11-30-21)12-17(18)22(27)19(14-26-8-4-5-9-26)25-23(28)31-15-16-6-2-1-3-7-16/h1-3,6-7,12-13,19,22,27H,4-5,8-11,14-15H2,(H,25,28)/t19-,22?/m1/s1. The number of aliphatic hydroxyl groups excluding tert-OH is 1. The summed E-state index contributed by atoms with van der Waals surface area (Å²) in [5, 5.41) is 13.8. The summed E-state index contributed by atoms with van der Waals surface area (Å²) in [6.07, 6.45) is 0.171. The van der Waals surface area contributed by atoms with Crippen LogP contribution in [0.1, 0.15) is 30.1 Å². The highest BCUT2D eigenvalue weighted by Crippen LogP contribution is 2.35. The van der Waals surface area contributed by atoms with Gasteiger partial charge in [-0.1, -0.05) is 30.3 Å². The van der Waals surface area contributed by atoms with E-state index in [1.165, 1.54) is 12.1 Å². The minimum atomic E-state index is -1.28. The average molecular weight is 430 g/mol. The number of alkyl carbamates (subject to hydrolysis) is 1. The Bertz CT molecular complexity index is 889. The molecule has 8 heteroatoms. The summed E-state index contributed by atoms with van der Waals surface area (Å²) in [7, 11) is 0. The van der Waals surface area contributed by atoms with Crippen LogP contribution in [0.25, 0.3) is 0 Å². The Labute approximate surface area is 180 Å². The predicted octanol–water partition coefficient (Wildman–Crippen LogP) is 3.02. The van der Waals surface area contributed by atoms with Gasteiger partial charge in [0.25, 0.3) is 0 Å². The third-order valence-electron chi connectivity index (χ3n) is 5.53. The van der Waals surface area contributed by atoms with Crippen LogP contribution in [0.5, 0.6) is 11.5 Å². The summed E-state index contributed by atoms with van der Waals surface area (Å²) < 4.78 is 31.0. The van der Waals surface area contributed by atoms with Gasteiger partial charge in [-0.2, -0.15) is 0 Å². The normalized spacial score (nSPS) is 17.7. The summed E-state index contributed by atoms with van der Waals surface area (Å²) in [6, 6.07) is 11.2. The van der Waals surface area contributed by atoms with E-state index in [0.29, 0.717) is 31.3 Å². The molecule has 2 aliphatic rings. The Morgan fingerprint density at radius 1 is 1.13 bits per heavy atom. The van der Waals surface area contributed by atoms with E-state index in [1.807, 2.05) is 30.3 Å². The molecule has 2 N–H and O–H groups in total. The average Bonchev–Trinajstić information content (AvgIpc) is 3.30. The lowest BCUT2D eigenvalue weighted by atomic mass is 10.00. The van der Waals surface area contributed by atoms with Gasteiger partial charge in [0.1, 0.15) is 31.7 Å². The molecule has 2 aromatic rings. The first-order valence-electron chi connectivity index (χ1n) is 10.6. The number of hydrogen-bond donors (Lipinski definition) is 2. The first-order valence-corrected chi connectivity index (χ1v) is 10.6. The molecule has 166 valence electrons. The zero-order valence-electron chi connectivity index (χ0n) is 17.3. The second kappa shape index (κ2) is 9.98. The first kappa shape index (κ1) is 21.4. The Balaban J connectivity index is 1.48. The number of nitrogens with zero attached hydrogens (tertiary/aromatic N) is 1. The molecule has 2 heterocycles. The number of rotatable bonds is 7. The fourth-order valence-electron chi connectivity index (χ4n) is 3.91. The maximum Gasteiger partial charge on any atom is 0.407 e. The van der Waals surface area contributed by atoms with Crippen molar-refractivity contribution in [1.29, 1.82) is 0 Å². The number of ether oxygens (including phenoxy) is 3. The monoisotopic (exact) mass is 430 g/mol. The zero-order chi connectivity index (χ0) is 21.6. The van der Waals surface area contributed by atoms with Crippen LogP contribution in [0, 0.1) is 5.82 Å². The number of halogens is 1. The van der Waals surface area contributed by atoms with E-state index in [0.717, 1.165) is 31.5 Å². The molecule has 0 radical (unpaired) electrons. The lowest BCUT2D eigenvalue weighted by Gasteiger charge is -2.29. The maximum absolute atomic E-state index is 14.8. The fourth-order valence-corrected chi connectivity index (χ4v) is 3.91. The van der Waals surface area contributed by atoms with Gasteiger partial charge in [-0.15, -0.1) is 0 Å².